The van der Waals surface area contributed by atoms with Crippen LogP contribution in [0.4, 0.5) is 0 Å². The number of ether oxygens (including phenoxy) is 1. The minimum Gasteiger partial charge on any atom is -0.497 e. The minimum absolute atomic E-state index is 0.194. The molecular formula is C18H24N2O2. The molecule has 0 spiro atoms. The van der Waals surface area contributed by atoms with Gasteiger partial charge in [0.05, 0.1) is 7.11 Å². The Bertz CT molecular complexity index is 562. The SMILES string of the molecule is COc1cccc([C@H]2C[C@H]2C(=O)N2CCN(C3CC3)CC2)c1. The second kappa shape index (κ2) is 5.58. The maximum Gasteiger partial charge on any atom is 0.226 e. The second-order valence-electron chi connectivity index (χ2n) is 6.82. The highest BCUT2D eigenvalue weighted by Crippen LogP contribution is 2.49. The molecule has 0 bridgehead atoms. The van der Waals surface area contributed by atoms with Gasteiger partial charge >= 0.3 is 0 Å². The van der Waals surface area contributed by atoms with Gasteiger partial charge in [0.25, 0.3) is 0 Å². The molecule has 4 rings (SSSR count). The van der Waals surface area contributed by atoms with Crippen LogP contribution >= 0.6 is 0 Å². The summed E-state index contributed by atoms with van der Waals surface area (Å²) in [5, 5.41) is 0. The average molecular weight is 300 g/mol. The fourth-order valence-electron chi connectivity index (χ4n) is 3.69. The Kier molecular flexibility index (Phi) is 3.57. The number of piperazine rings is 1. The lowest BCUT2D eigenvalue weighted by Crippen LogP contribution is -2.49. The summed E-state index contributed by atoms with van der Waals surface area (Å²) in [6.45, 7) is 3.95. The topological polar surface area (TPSA) is 32.8 Å². The summed E-state index contributed by atoms with van der Waals surface area (Å²) in [6.07, 6.45) is 3.71. The van der Waals surface area contributed by atoms with E-state index in [0.717, 1.165) is 44.4 Å². The summed E-state index contributed by atoms with van der Waals surface area (Å²) in [5.41, 5.74) is 1.24. The lowest BCUT2D eigenvalue weighted by atomic mass is 10.1. The van der Waals surface area contributed by atoms with Gasteiger partial charge in [-0.25, -0.2) is 0 Å². The Hall–Kier alpha value is -1.55. The van der Waals surface area contributed by atoms with Crippen LogP contribution in [0, 0.1) is 5.92 Å². The van der Waals surface area contributed by atoms with Gasteiger partial charge in [-0.1, -0.05) is 12.1 Å². The predicted molar refractivity (Wildman–Crippen MR) is 85.0 cm³/mol. The highest BCUT2D eigenvalue weighted by atomic mass is 16.5. The molecule has 118 valence electrons. The smallest absolute Gasteiger partial charge is 0.226 e. The van der Waals surface area contributed by atoms with Gasteiger partial charge in [-0.15, -0.1) is 0 Å². The number of carbonyl (C=O) groups is 1. The molecule has 1 amide bonds. The first-order chi connectivity index (χ1) is 10.8. The minimum atomic E-state index is 0.194. The molecule has 22 heavy (non-hydrogen) atoms. The van der Waals surface area contributed by atoms with Crippen LogP contribution in [0.3, 0.4) is 0 Å². The molecule has 2 saturated carbocycles. The van der Waals surface area contributed by atoms with Crippen molar-refractivity contribution in [1.82, 2.24) is 9.80 Å². The third-order valence-electron chi connectivity index (χ3n) is 5.32. The number of benzene rings is 1. The first kappa shape index (κ1) is 14.1. The third-order valence-corrected chi connectivity index (χ3v) is 5.32. The normalized spacial score (nSPS) is 28.5. The largest absolute Gasteiger partial charge is 0.497 e. The van der Waals surface area contributed by atoms with Crippen molar-refractivity contribution >= 4 is 5.91 Å². The van der Waals surface area contributed by atoms with Crippen LogP contribution in [0.25, 0.3) is 0 Å². The number of hydrogen-bond donors (Lipinski definition) is 0. The number of methoxy groups -OCH3 is 1. The zero-order valence-corrected chi connectivity index (χ0v) is 13.2. The van der Waals surface area contributed by atoms with E-state index in [4.69, 9.17) is 4.74 Å². The molecule has 0 radical (unpaired) electrons. The van der Waals surface area contributed by atoms with E-state index in [2.05, 4.69) is 21.9 Å². The Balaban J connectivity index is 1.34. The Morgan fingerprint density at radius 3 is 2.64 bits per heavy atom. The molecule has 0 aromatic heterocycles. The van der Waals surface area contributed by atoms with Crippen molar-refractivity contribution < 1.29 is 9.53 Å². The number of hydrogen-bond acceptors (Lipinski definition) is 3. The summed E-state index contributed by atoms with van der Waals surface area (Å²) in [6, 6.07) is 8.99. The standard InChI is InChI=1S/C18H24N2O2/c1-22-15-4-2-3-13(11-15)16-12-17(16)18(21)20-9-7-19(8-10-20)14-5-6-14/h2-4,11,14,16-17H,5-10,12H2,1H3/t16-,17-/m1/s1. The second-order valence-corrected chi connectivity index (χ2v) is 6.82. The molecular weight excluding hydrogens is 276 g/mol. The highest BCUT2D eigenvalue weighted by Gasteiger charge is 2.46. The quantitative estimate of drug-likeness (QED) is 0.854. The van der Waals surface area contributed by atoms with Gasteiger partial charge in [-0.3, -0.25) is 9.69 Å². The fraction of sp³-hybridized carbons (Fsp3) is 0.611. The summed E-state index contributed by atoms with van der Waals surface area (Å²) < 4.78 is 5.28. The zero-order chi connectivity index (χ0) is 15.1. The number of nitrogens with zero attached hydrogens (tertiary/aromatic N) is 2. The van der Waals surface area contributed by atoms with Gasteiger partial charge < -0.3 is 9.64 Å². The number of amides is 1. The predicted octanol–water partition coefficient (Wildman–Crippen LogP) is 2.11. The summed E-state index contributed by atoms with van der Waals surface area (Å²) in [5.74, 6) is 1.83. The lowest BCUT2D eigenvalue weighted by molar-refractivity contribution is -0.134. The Labute approximate surface area is 132 Å². The van der Waals surface area contributed by atoms with Crippen molar-refractivity contribution in [2.75, 3.05) is 33.3 Å². The van der Waals surface area contributed by atoms with E-state index < -0.39 is 0 Å². The van der Waals surface area contributed by atoms with E-state index in [1.165, 1.54) is 18.4 Å². The van der Waals surface area contributed by atoms with Gasteiger partial charge in [0.15, 0.2) is 0 Å². The molecule has 1 aromatic carbocycles. The van der Waals surface area contributed by atoms with E-state index in [-0.39, 0.29) is 5.92 Å². The van der Waals surface area contributed by atoms with Gasteiger partial charge in [0.2, 0.25) is 5.91 Å². The first-order valence-corrected chi connectivity index (χ1v) is 8.43. The van der Waals surface area contributed by atoms with E-state index >= 15 is 0 Å². The molecule has 1 saturated heterocycles. The number of carbonyl (C=O) groups excluding carboxylic acids is 1. The van der Waals surface area contributed by atoms with Crippen LogP contribution in [0.5, 0.6) is 5.75 Å². The molecule has 1 aliphatic heterocycles. The fourth-order valence-corrected chi connectivity index (χ4v) is 3.69. The van der Waals surface area contributed by atoms with Gasteiger partial charge in [-0.2, -0.15) is 0 Å². The molecule has 1 heterocycles. The number of rotatable bonds is 4. The maximum absolute atomic E-state index is 12.7. The van der Waals surface area contributed by atoms with Crippen molar-refractivity contribution in [3.05, 3.63) is 29.8 Å². The zero-order valence-electron chi connectivity index (χ0n) is 13.2. The molecule has 2 atom stereocenters. The van der Waals surface area contributed by atoms with Crippen molar-refractivity contribution in [3.63, 3.8) is 0 Å². The average Bonchev–Trinajstić information content (AvgIpc) is 3.47. The summed E-state index contributed by atoms with van der Waals surface area (Å²) in [7, 11) is 1.69. The molecule has 0 unspecified atom stereocenters. The van der Waals surface area contributed by atoms with Crippen molar-refractivity contribution in [3.8, 4) is 5.75 Å². The molecule has 3 fully saturated rings. The first-order valence-electron chi connectivity index (χ1n) is 8.43. The van der Waals surface area contributed by atoms with Crippen molar-refractivity contribution in [2.45, 2.75) is 31.2 Å². The van der Waals surface area contributed by atoms with Gasteiger partial charge in [-0.05, 0) is 42.9 Å². The lowest BCUT2D eigenvalue weighted by Gasteiger charge is -2.35. The molecule has 4 nitrogen and oxygen atoms in total. The van der Waals surface area contributed by atoms with E-state index in [9.17, 15) is 4.79 Å². The highest BCUT2D eigenvalue weighted by molar-refractivity contribution is 5.83. The molecule has 1 aromatic rings. The van der Waals surface area contributed by atoms with Crippen molar-refractivity contribution in [2.24, 2.45) is 5.92 Å². The van der Waals surface area contributed by atoms with Crippen LogP contribution in [0.1, 0.15) is 30.7 Å². The molecule has 4 heteroatoms. The van der Waals surface area contributed by atoms with Crippen LogP contribution in [0.2, 0.25) is 0 Å². The maximum atomic E-state index is 12.7. The molecule has 0 N–H and O–H groups in total. The van der Waals surface area contributed by atoms with Crippen LogP contribution in [-0.4, -0.2) is 55.0 Å². The summed E-state index contributed by atoms with van der Waals surface area (Å²) >= 11 is 0. The molecule has 2 aliphatic carbocycles. The third kappa shape index (κ3) is 2.72. The van der Waals surface area contributed by atoms with Crippen LogP contribution in [-0.2, 0) is 4.79 Å². The Morgan fingerprint density at radius 2 is 1.95 bits per heavy atom. The van der Waals surface area contributed by atoms with Gasteiger partial charge in [0.1, 0.15) is 5.75 Å². The Morgan fingerprint density at radius 1 is 1.18 bits per heavy atom. The van der Waals surface area contributed by atoms with E-state index in [1.54, 1.807) is 7.11 Å². The van der Waals surface area contributed by atoms with Crippen LogP contribution < -0.4 is 4.74 Å². The van der Waals surface area contributed by atoms with Crippen molar-refractivity contribution in [1.29, 1.82) is 0 Å². The van der Waals surface area contributed by atoms with E-state index in [1.807, 2.05) is 12.1 Å². The monoisotopic (exact) mass is 300 g/mol. The van der Waals surface area contributed by atoms with Crippen LogP contribution in [0.15, 0.2) is 24.3 Å². The molecule has 3 aliphatic rings. The van der Waals surface area contributed by atoms with Gasteiger partial charge in [0, 0.05) is 38.1 Å². The summed E-state index contributed by atoms with van der Waals surface area (Å²) in [4.78, 5) is 17.3. The van der Waals surface area contributed by atoms with E-state index in [0.29, 0.717) is 11.8 Å².